The summed E-state index contributed by atoms with van der Waals surface area (Å²) in [5, 5.41) is 3.61. The third-order valence-electron chi connectivity index (χ3n) is 2.68. The molecule has 86 valence electrons. The van der Waals surface area contributed by atoms with Crippen LogP contribution in [-0.4, -0.2) is 19.1 Å². The van der Waals surface area contributed by atoms with Gasteiger partial charge < -0.3 is 10.1 Å². The molecule has 0 bridgehead atoms. The maximum absolute atomic E-state index is 11.7. The highest BCUT2D eigenvalue weighted by Gasteiger charge is 2.22. The van der Waals surface area contributed by atoms with E-state index in [0.717, 1.165) is 12.0 Å². The summed E-state index contributed by atoms with van der Waals surface area (Å²) < 4.78 is 5.17. The zero-order valence-electron chi connectivity index (χ0n) is 8.91. The highest BCUT2D eigenvalue weighted by atomic mass is 35.5. The van der Waals surface area contributed by atoms with Gasteiger partial charge in [0.05, 0.1) is 12.5 Å². The molecule has 0 saturated carbocycles. The number of halogens is 1. The van der Waals surface area contributed by atoms with Crippen LogP contribution in [-0.2, 0) is 16.1 Å². The topological polar surface area (TPSA) is 38.3 Å². The van der Waals surface area contributed by atoms with Crippen molar-refractivity contribution < 1.29 is 9.53 Å². The Hall–Kier alpha value is -1.06. The van der Waals surface area contributed by atoms with E-state index in [0.29, 0.717) is 24.8 Å². The van der Waals surface area contributed by atoms with Gasteiger partial charge in [0, 0.05) is 18.2 Å². The molecule has 1 unspecified atom stereocenters. The number of nitrogens with one attached hydrogen (secondary N) is 1. The van der Waals surface area contributed by atoms with E-state index in [-0.39, 0.29) is 11.8 Å². The molecule has 4 heteroatoms. The molecule has 3 nitrogen and oxygen atoms in total. The van der Waals surface area contributed by atoms with Crippen LogP contribution in [0.4, 0.5) is 0 Å². The number of rotatable bonds is 3. The second kappa shape index (κ2) is 5.32. The molecule has 0 aliphatic carbocycles. The summed E-state index contributed by atoms with van der Waals surface area (Å²) >= 11 is 5.77. The number of hydrogen-bond acceptors (Lipinski definition) is 2. The minimum absolute atomic E-state index is 0.0206. The Kier molecular flexibility index (Phi) is 3.80. The van der Waals surface area contributed by atoms with Crippen LogP contribution >= 0.6 is 11.6 Å². The van der Waals surface area contributed by atoms with Gasteiger partial charge >= 0.3 is 0 Å². The van der Waals surface area contributed by atoms with E-state index in [1.54, 1.807) is 0 Å². The molecule has 1 aliphatic heterocycles. The normalized spacial score (nSPS) is 19.7. The Balaban J connectivity index is 1.82. The zero-order valence-corrected chi connectivity index (χ0v) is 9.67. The van der Waals surface area contributed by atoms with Crippen molar-refractivity contribution >= 4 is 17.5 Å². The molecule has 1 N–H and O–H groups in total. The number of benzene rings is 1. The van der Waals surface area contributed by atoms with E-state index in [1.165, 1.54) is 0 Å². The summed E-state index contributed by atoms with van der Waals surface area (Å²) in [7, 11) is 0. The van der Waals surface area contributed by atoms with Gasteiger partial charge in [0.1, 0.15) is 0 Å². The van der Waals surface area contributed by atoms with Gasteiger partial charge in [0.25, 0.3) is 0 Å². The van der Waals surface area contributed by atoms with Gasteiger partial charge in [0.15, 0.2) is 0 Å². The monoisotopic (exact) mass is 239 g/mol. The van der Waals surface area contributed by atoms with Crippen LogP contribution < -0.4 is 5.32 Å². The van der Waals surface area contributed by atoms with Crippen molar-refractivity contribution in [2.45, 2.75) is 13.0 Å². The summed E-state index contributed by atoms with van der Waals surface area (Å²) in [5.41, 5.74) is 1.05. The number of amides is 1. The summed E-state index contributed by atoms with van der Waals surface area (Å²) in [4.78, 5) is 11.7. The number of ether oxygens (including phenoxy) is 1. The van der Waals surface area contributed by atoms with Crippen molar-refractivity contribution in [2.75, 3.05) is 13.2 Å². The van der Waals surface area contributed by atoms with Gasteiger partial charge in [0.2, 0.25) is 5.91 Å². The van der Waals surface area contributed by atoms with Crippen LogP contribution in [0.15, 0.2) is 24.3 Å². The van der Waals surface area contributed by atoms with Crippen molar-refractivity contribution in [3.8, 4) is 0 Å². The van der Waals surface area contributed by atoms with Gasteiger partial charge in [-0.2, -0.15) is 0 Å². The first-order valence-electron chi connectivity index (χ1n) is 5.35. The smallest absolute Gasteiger partial charge is 0.225 e. The predicted octanol–water partition coefficient (Wildman–Crippen LogP) is 1.99. The Bertz CT molecular complexity index is 358. The number of carbonyl (C=O) groups is 1. The van der Waals surface area contributed by atoms with Crippen LogP contribution in [0.3, 0.4) is 0 Å². The Morgan fingerprint density at radius 1 is 1.44 bits per heavy atom. The summed E-state index contributed by atoms with van der Waals surface area (Å²) in [6.07, 6.45) is 0.826. The molecule has 1 atom stereocenters. The largest absolute Gasteiger partial charge is 0.381 e. The summed E-state index contributed by atoms with van der Waals surface area (Å²) in [5.74, 6) is 0.0970. The first-order chi connectivity index (χ1) is 7.75. The fourth-order valence-corrected chi connectivity index (χ4v) is 1.80. The Labute approximate surface area is 99.7 Å². The minimum Gasteiger partial charge on any atom is -0.381 e. The molecule has 0 radical (unpaired) electrons. The van der Waals surface area contributed by atoms with Gasteiger partial charge in [-0.05, 0) is 24.1 Å². The van der Waals surface area contributed by atoms with E-state index < -0.39 is 0 Å². The van der Waals surface area contributed by atoms with Crippen LogP contribution in [0.25, 0.3) is 0 Å². The van der Waals surface area contributed by atoms with Crippen LogP contribution in [0.2, 0.25) is 5.02 Å². The number of hydrogen-bond donors (Lipinski definition) is 1. The highest BCUT2D eigenvalue weighted by Crippen LogP contribution is 2.13. The average molecular weight is 240 g/mol. The molecule has 0 aromatic heterocycles. The summed E-state index contributed by atoms with van der Waals surface area (Å²) in [6.45, 7) is 1.79. The van der Waals surface area contributed by atoms with Crippen molar-refractivity contribution in [1.82, 2.24) is 5.32 Å². The molecule has 1 aromatic rings. The predicted molar refractivity (Wildman–Crippen MR) is 62.2 cm³/mol. The fourth-order valence-electron chi connectivity index (χ4n) is 1.68. The van der Waals surface area contributed by atoms with E-state index in [1.807, 2.05) is 24.3 Å². The molecule has 1 aliphatic rings. The van der Waals surface area contributed by atoms with Gasteiger partial charge in [-0.25, -0.2) is 0 Å². The van der Waals surface area contributed by atoms with E-state index in [9.17, 15) is 4.79 Å². The highest BCUT2D eigenvalue weighted by molar-refractivity contribution is 6.30. The molecule has 1 saturated heterocycles. The molecule has 2 rings (SSSR count). The number of carbonyl (C=O) groups excluding carboxylic acids is 1. The third-order valence-corrected chi connectivity index (χ3v) is 2.93. The van der Waals surface area contributed by atoms with Crippen molar-refractivity contribution in [3.63, 3.8) is 0 Å². The quantitative estimate of drug-likeness (QED) is 0.876. The second-order valence-electron chi connectivity index (χ2n) is 3.90. The molecule has 0 spiro atoms. The standard InChI is InChI=1S/C12H14ClNO2/c13-11-3-1-9(2-4-11)7-14-12(15)10-5-6-16-8-10/h1-4,10H,5-8H2,(H,14,15). The lowest BCUT2D eigenvalue weighted by molar-refractivity contribution is -0.125. The molecule has 1 amide bonds. The minimum atomic E-state index is 0.0206. The van der Waals surface area contributed by atoms with Gasteiger partial charge in [-0.15, -0.1) is 0 Å². The van der Waals surface area contributed by atoms with E-state index >= 15 is 0 Å². The lowest BCUT2D eigenvalue weighted by atomic mass is 10.1. The maximum atomic E-state index is 11.7. The average Bonchev–Trinajstić information content (AvgIpc) is 2.81. The van der Waals surface area contributed by atoms with Crippen LogP contribution in [0.1, 0.15) is 12.0 Å². The molecular weight excluding hydrogens is 226 g/mol. The first kappa shape index (κ1) is 11.4. The lowest BCUT2D eigenvalue weighted by Gasteiger charge is -2.09. The molecule has 1 fully saturated rings. The van der Waals surface area contributed by atoms with Crippen molar-refractivity contribution in [1.29, 1.82) is 0 Å². The third kappa shape index (κ3) is 2.97. The molecule has 1 heterocycles. The zero-order chi connectivity index (χ0) is 11.4. The van der Waals surface area contributed by atoms with Crippen molar-refractivity contribution in [2.24, 2.45) is 5.92 Å². The van der Waals surface area contributed by atoms with Crippen molar-refractivity contribution in [3.05, 3.63) is 34.9 Å². The van der Waals surface area contributed by atoms with E-state index in [2.05, 4.69) is 5.32 Å². The van der Waals surface area contributed by atoms with Crippen LogP contribution in [0.5, 0.6) is 0 Å². The molecular formula is C12H14ClNO2. The Morgan fingerprint density at radius 3 is 2.81 bits per heavy atom. The fraction of sp³-hybridized carbons (Fsp3) is 0.417. The van der Waals surface area contributed by atoms with Gasteiger partial charge in [-0.3, -0.25) is 4.79 Å². The lowest BCUT2D eigenvalue weighted by Crippen LogP contribution is -2.30. The van der Waals surface area contributed by atoms with Crippen LogP contribution in [0, 0.1) is 5.92 Å². The van der Waals surface area contributed by atoms with Gasteiger partial charge in [-0.1, -0.05) is 23.7 Å². The SMILES string of the molecule is O=C(NCc1ccc(Cl)cc1)C1CCOC1. The second-order valence-corrected chi connectivity index (χ2v) is 4.34. The Morgan fingerprint density at radius 2 is 2.19 bits per heavy atom. The molecule has 16 heavy (non-hydrogen) atoms. The first-order valence-corrected chi connectivity index (χ1v) is 5.73. The maximum Gasteiger partial charge on any atom is 0.225 e. The van der Waals surface area contributed by atoms with E-state index in [4.69, 9.17) is 16.3 Å². The summed E-state index contributed by atoms with van der Waals surface area (Å²) in [6, 6.07) is 7.46. The molecule has 1 aromatic carbocycles.